The highest BCUT2D eigenvalue weighted by Crippen LogP contribution is 2.34. The summed E-state index contributed by atoms with van der Waals surface area (Å²) >= 11 is 1.28. The zero-order chi connectivity index (χ0) is 23.1. The summed E-state index contributed by atoms with van der Waals surface area (Å²) in [6.07, 6.45) is 1.82. The van der Waals surface area contributed by atoms with Crippen molar-refractivity contribution in [2.75, 3.05) is 6.26 Å². The van der Waals surface area contributed by atoms with Crippen molar-refractivity contribution in [1.82, 2.24) is 4.57 Å². The van der Waals surface area contributed by atoms with Crippen LogP contribution >= 0.6 is 11.8 Å². The quantitative estimate of drug-likeness (QED) is 0.393. The number of aryl methyl sites for hydroxylation is 2. The molecule has 31 heavy (non-hydrogen) atoms. The maximum atomic E-state index is 13.3. The highest BCUT2D eigenvalue weighted by atomic mass is 32.2. The summed E-state index contributed by atoms with van der Waals surface area (Å²) in [6, 6.07) is 10.3. The predicted molar refractivity (Wildman–Crippen MR) is 135 cm³/mol. The largest absolute Gasteiger partial charge is 0.547 e. The van der Waals surface area contributed by atoms with Gasteiger partial charge in [0.2, 0.25) is 9.04 Å². The van der Waals surface area contributed by atoms with Crippen molar-refractivity contribution in [3.63, 3.8) is 0 Å². The van der Waals surface area contributed by atoms with E-state index >= 15 is 0 Å². The molecule has 0 aliphatic rings. The first kappa shape index (κ1) is 23.5. The molecule has 0 spiro atoms. The molecule has 0 amide bonds. The van der Waals surface area contributed by atoms with E-state index in [9.17, 15) is 9.90 Å². The molecule has 0 fully saturated rings. The Bertz CT molecular complexity index is 1190. The van der Waals surface area contributed by atoms with Gasteiger partial charge in [-0.1, -0.05) is 32.9 Å². The lowest BCUT2D eigenvalue weighted by Crippen LogP contribution is -2.24. The highest BCUT2D eigenvalue weighted by molar-refractivity contribution is 7.98. The molecule has 1 N–H and O–H groups in total. The smallest absolute Gasteiger partial charge is 0.268 e. The molecule has 0 radical (unpaired) electrons. The van der Waals surface area contributed by atoms with Gasteiger partial charge in [0.25, 0.3) is 5.56 Å². The monoisotopic (exact) mass is 455 g/mol. The van der Waals surface area contributed by atoms with E-state index in [0.717, 1.165) is 28.0 Å². The lowest BCUT2D eigenvalue weighted by molar-refractivity contribution is 0.464. The number of aromatic hydroxyl groups is 1. The van der Waals surface area contributed by atoms with Crippen LogP contribution in [0, 0.1) is 13.8 Å². The summed E-state index contributed by atoms with van der Waals surface area (Å²) in [5.74, 6) is 0.928. The Morgan fingerprint density at radius 3 is 2.32 bits per heavy atom. The van der Waals surface area contributed by atoms with Crippen molar-refractivity contribution in [3.05, 3.63) is 62.9 Å². The second-order valence-corrected chi connectivity index (χ2v) is 12.6. The Hall–Kier alpha value is -2.18. The topological polar surface area (TPSA) is 51.5 Å². The Balaban J connectivity index is 2.26. The first-order chi connectivity index (χ1) is 14.4. The minimum Gasteiger partial charge on any atom is -0.547 e. The van der Waals surface area contributed by atoms with Crippen molar-refractivity contribution in [2.45, 2.75) is 64.6 Å². The fourth-order valence-electron chi connectivity index (χ4n) is 3.70. The van der Waals surface area contributed by atoms with Gasteiger partial charge in [-0.05, 0) is 73.5 Å². The molecule has 0 bridgehead atoms. The number of fused-ring (bicyclic) bond motifs is 1. The van der Waals surface area contributed by atoms with Crippen LogP contribution in [0.15, 0.2) is 40.0 Å². The summed E-state index contributed by atoms with van der Waals surface area (Å²) in [5, 5.41) is 11.5. The van der Waals surface area contributed by atoms with Gasteiger partial charge >= 0.3 is 0 Å². The van der Waals surface area contributed by atoms with E-state index in [2.05, 4.69) is 52.1 Å². The lowest BCUT2D eigenvalue weighted by Gasteiger charge is -2.23. The molecular weight excluding hydrogens is 422 g/mol. The third kappa shape index (κ3) is 4.70. The van der Waals surface area contributed by atoms with Gasteiger partial charge in [-0.3, -0.25) is 4.79 Å². The predicted octanol–water partition coefficient (Wildman–Crippen LogP) is 5.75. The summed E-state index contributed by atoms with van der Waals surface area (Å²) < 4.78 is 8.07. The van der Waals surface area contributed by atoms with Crippen molar-refractivity contribution >= 4 is 31.7 Å². The second kappa shape index (κ2) is 8.75. The van der Waals surface area contributed by atoms with Gasteiger partial charge in [-0.2, -0.15) is 0 Å². The molecule has 0 aliphatic carbocycles. The van der Waals surface area contributed by atoms with E-state index in [1.54, 1.807) is 4.57 Å². The van der Waals surface area contributed by atoms with Crippen LogP contribution in [-0.2, 0) is 12.0 Å². The SMILES string of the molecule is CSc1c(O)c2cc(C)c(C)cc2n(Cc2ccc(C(C)(C)C)cc2O[SiH](C)C)c1=O. The third-order valence-corrected chi connectivity index (χ3v) is 7.14. The summed E-state index contributed by atoms with van der Waals surface area (Å²) in [7, 11) is -1.34. The van der Waals surface area contributed by atoms with E-state index < -0.39 is 9.04 Å². The van der Waals surface area contributed by atoms with Crippen molar-refractivity contribution < 1.29 is 9.53 Å². The molecule has 0 atom stereocenters. The molecule has 0 aliphatic heterocycles. The van der Waals surface area contributed by atoms with Crippen LogP contribution in [0.5, 0.6) is 11.5 Å². The summed E-state index contributed by atoms with van der Waals surface area (Å²) in [4.78, 5) is 13.7. The number of nitrogens with zero attached hydrogens (tertiary/aromatic N) is 1. The van der Waals surface area contributed by atoms with Gasteiger partial charge in [-0.15, -0.1) is 11.8 Å². The van der Waals surface area contributed by atoms with Crippen LogP contribution in [-0.4, -0.2) is 25.0 Å². The maximum absolute atomic E-state index is 13.3. The van der Waals surface area contributed by atoms with E-state index in [1.165, 1.54) is 17.3 Å². The van der Waals surface area contributed by atoms with Gasteiger partial charge in [0.05, 0.1) is 12.1 Å². The molecule has 0 saturated heterocycles. The average Bonchev–Trinajstić information content (AvgIpc) is 2.67. The van der Waals surface area contributed by atoms with Crippen LogP contribution in [0.1, 0.15) is 43.0 Å². The third-order valence-electron chi connectivity index (χ3n) is 5.64. The molecule has 3 rings (SSSR count). The zero-order valence-corrected chi connectivity index (χ0v) is 21.8. The summed E-state index contributed by atoms with van der Waals surface area (Å²) in [6.45, 7) is 15.3. The number of benzene rings is 2. The number of pyridine rings is 1. The number of thioether (sulfide) groups is 1. The highest BCUT2D eigenvalue weighted by Gasteiger charge is 2.20. The standard InChI is InChI=1S/C25H33NO3SSi/c1-15-11-19-20(12-16(15)2)26(24(28)23(30-6)22(19)27)14-17-9-10-18(25(3,4)5)13-21(17)29-31(7)8/h9-13,27,31H,14H2,1-8H3. The Morgan fingerprint density at radius 1 is 1.10 bits per heavy atom. The van der Waals surface area contributed by atoms with Crippen LogP contribution in [0.3, 0.4) is 0 Å². The van der Waals surface area contributed by atoms with Crippen LogP contribution in [0.4, 0.5) is 0 Å². The first-order valence-corrected chi connectivity index (χ1v) is 14.6. The lowest BCUT2D eigenvalue weighted by atomic mass is 9.86. The second-order valence-electron chi connectivity index (χ2n) is 9.47. The molecule has 1 aromatic heterocycles. The molecule has 3 aromatic rings. The van der Waals surface area contributed by atoms with Gasteiger partial charge in [0.15, 0.2) is 0 Å². The fraction of sp³-hybridized carbons (Fsp3) is 0.400. The molecule has 2 aromatic carbocycles. The number of aromatic nitrogens is 1. The number of hydrogen-bond acceptors (Lipinski definition) is 4. The molecular formula is C25H33NO3SSi. The van der Waals surface area contributed by atoms with Crippen LogP contribution in [0.2, 0.25) is 13.1 Å². The molecule has 166 valence electrons. The van der Waals surface area contributed by atoms with Crippen molar-refractivity contribution in [1.29, 1.82) is 0 Å². The average molecular weight is 456 g/mol. The minimum absolute atomic E-state index is 0.0118. The zero-order valence-electron chi connectivity index (χ0n) is 19.8. The van der Waals surface area contributed by atoms with E-state index in [0.29, 0.717) is 16.8 Å². The van der Waals surface area contributed by atoms with E-state index in [4.69, 9.17) is 4.43 Å². The van der Waals surface area contributed by atoms with E-state index in [-0.39, 0.29) is 16.7 Å². The maximum Gasteiger partial charge on any atom is 0.268 e. The Kier molecular flexibility index (Phi) is 6.63. The van der Waals surface area contributed by atoms with Gasteiger partial charge in [-0.25, -0.2) is 0 Å². The molecule has 0 saturated carbocycles. The van der Waals surface area contributed by atoms with Crippen LogP contribution in [0.25, 0.3) is 10.9 Å². The molecule has 6 heteroatoms. The van der Waals surface area contributed by atoms with Gasteiger partial charge in [0.1, 0.15) is 16.4 Å². The molecule has 0 unspecified atom stereocenters. The van der Waals surface area contributed by atoms with Crippen molar-refractivity contribution in [3.8, 4) is 11.5 Å². The van der Waals surface area contributed by atoms with Gasteiger partial charge < -0.3 is 14.1 Å². The Morgan fingerprint density at radius 2 is 1.74 bits per heavy atom. The Labute approximate surface area is 191 Å². The molecule has 1 heterocycles. The van der Waals surface area contributed by atoms with Gasteiger partial charge in [0, 0.05) is 10.9 Å². The normalized spacial score (nSPS) is 12.0. The first-order valence-electron chi connectivity index (χ1n) is 10.6. The summed E-state index contributed by atoms with van der Waals surface area (Å²) in [5.41, 5.74) is 4.95. The van der Waals surface area contributed by atoms with Crippen LogP contribution < -0.4 is 9.99 Å². The minimum atomic E-state index is -1.34. The molecule has 4 nitrogen and oxygen atoms in total. The fourth-order valence-corrected chi connectivity index (χ4v) is 5.01. The van der Waals surface area contributed by atoms with Crippen molar-refractivity contribution in [2.24, 2.45) is 0 Å². The van der Waals surface area contributed by atoms with E-state index in [1.807, 2.05) is 32.2 Å². The number of hydrogen-bond donors (Lipinski definition) is 1. The number of rotatable bonds is 5.